The SMILES string of the molecule is CNC(=O)[C@H](CC(N)=O)NC(=O)Cc1cc(-c2ccccc2)nn1C. The summed E-state index contributed by atoms with van der Waals surface area (Å²) in [6.07, 6.45) is -0.228. The van der Waals surface area contributed by atoms with Crippen molar-refractivity contribution in [1.82, 2.24) is 20.4 Å². The van der Waals surface area contributed by atoms with Crippen LogP contribution in [0, 0.1) is 0 Å². The molecule has 0 saturated carbocycles. The molecule has 0 saturated heterocycles. The van der Waals surface area contributed by atoms with E-state index in [2.05, 4.69) is 15.7 Å². The minimum atomic E-state index is -0.989. The molecule has 8 nitrogen and oxygen atoms in total. The van der Waals surface area contributed by atoms with E-state index >= 15 is 0 Å². The van der Waals surface area contributed by atoms with Crippen molar-refractivity contribution in [3.63, 3.8) is 0 Å². The number of nitrogens with two attached hydrogens (primary N) is 1. The standard InChI is InChI=1S/C17H21N5O3/c1-19-17(25)14(10-15(18)23)20-16(24)9-12-8-13(21-22(12)2)11-6-4-3-5-7-11/h3-8,14H,9-10H2,1-2H3,(H2,18,23)(H,19,25)(H,20,24)/t14-/m0/s1. The van der Waals surface area contributed by atoms with Crippen molar-refractivity contribution in [2.75, 3.05) is 7.05 Å². The van der Waals surface area contributed by atoms with Crippen LogP contribution in [0.15, 0.2) is 36.4 Å². The maximum absolute atomic E-state index is 12.2. The summed E-state index contributed by atoms with van der Waals surface area (Å²) in [4.78, 5) is 35.0. The van der Waals surface area contributed by atoms with Gasteiger partial charge in [0, 0.05) is 25.4 Å². The third-order valence-corrected chi connectivity index (χ3v) is 3.69. The predicted octanol–water partition coefficient (Wildman–Crippen LogP) is -0.264. The minimum absolute atomic E-state index is 0.0303. The molecule has 2 aromatic rings. The summed E-state index contributed by atoms with van der Waals surface area (Å²) in [5, 5.41) is 9.32. The van der Waals surface area contributed by atoms with Gasteiger partial charge in [0.1, 0.15) is 6.04 Å². The van der Waals surface area contributed by atoms with E-state index in [0.717, 1.165) is 11.3 Å². The van der Waals surface area contributed by atoms with Gasteiger partial charge in [-0.25, -0.2) is 0 Å². The number of benzene rings is 1. The zero-order valence-electron chi connectivity index (χ0n) is 14.2. The van der Waals surface area contributed by atoms with E-state index in [-0.39, 0.29) is 12.8 Å². The third-order valence-electron chi connectivity index (χ3n) is 3.69. The lowest BCUT2D eigenvalue weighted by molar-refractivity contribution is -0.130. The summed E-state index contributed by atoms with van der Waals surface area (Å²) in [6.45, 7) is 0. The normalized spacial score (nSPS) is 11.6. The third kappa shape index (κ3) is 4.90. The fourth-order valence-corrected chi connectivity index (χ4v) is 2.42. The van der Waals surface area contributed by atoms with Crippen LogP contribution < -0.4 is 16.4 Å². The molecule has 4 N–H and O–H groups in total. The molecule has 1 aromatic carbocycles. The number of likely N-dealkylation sites (N-methyl/N-ethyl adjacent to an activating group) is 1. The Kier molecular flexibility index (Phi) is 5.89. The van der Waals surface area contributed by atoms with Gasteiger partial charge in [0.05, 0.1) is 18.5 Å². The molecule has 132 valence electrons. The lowest BCUT2D eigenvalue weighted by Gasteiger charge is -2.15. The van der Waals surface area contributed by atoms with Crippen molar-refractivity contribution in [2.24, 2.45) is 12.8 Å². The Bertz CT molecular complexity index is 770. The second-order valence-corrected chi connectivity index (χ2v) is 5.59. The van der Waals surface area contributed by atoms with E-state index in [4.69, 9.17) is 5.73 Å². The fourth-order valence-electron chi connectivity index (χ4n) is 2.42. The second-order valence-electron chi connectivity index (χ2n) is 5.59. The molecule has 0 aliphatic rings. The number of primary amides is 1. The zero-order chi connectivity index (χ0) is 18.4. The molecule has 0 fully saturated rings. The number of carbonyl (C=O) groups excluding carboxylic acids is 3. The highest BCUT2D eigenvalue weighted by molar-refractivity contribution is 5.91. The topological polar surface area (TPSA) is 119 Å². The molecule has 1 atom stereocenters. The van der Waals surface area contributed by atoms with Crippen molar-refractivity contribution in [3.05, 3.63) is 42.1 Å². The van der Waals surface area contributed by atoms with Crippen LogP contribution in [0.4, 0.5) is 0 Å². The molecule has 0 radical (unpaired) electrons. The molecular formula is C17H21N5O3. The van der Waals surface area contributed by atoms with Crippen molar-refractivity contribution < 1.29 is 14.4 Å². The highest BCUT2D eigenvalue weighted by Crippen LogP contribution is 2.18. The maximum Gasteiger partial charge on any atom is 0.242 e. The van der Waals surface area contributed by atoms with Crippen molar-refractivity contribution in [1.29, 1.82) is 0 Å². The fraction of sp³-hybridized carbons (Fsp3) is 0.294. The molecule has 0 spiro atoms. The van der Waals surface area contributed by atoms with Gasteiger partial charge in [-0.15, -0.1) is 0 Å². The average molecular weight is 343 g/mol. The number of hydrogen-bond donors (Lipinski definition) is 3. The first kappa shape index (κ1) is 18.2. The highest BCUT2D eigenvalue weighted by atomic mass is 16.2. The molecule has 25 heavy (non-hydrogen) atoms. The lowest BCUT2D eigenvalue weighted by atomic mass is 10.1. The summed E-state index contributed by atoms with van der Waals surface area (Å²) in [5.41, 5.74) is 7.51. The van der Waals surface area contributed by atoms with Crippen molar-refractivity contribution >= 4 is 17.7 Å². The van der Waals surface area contributed by atoms with Crippen molar-refractivity contribution in [3.8, 4) is 11.3 Å². The molecule has 0 aliphatic carbocycles. The van der Waals surface area contributed by atoms with Crippen LogP contribution in [0.3, 0.4) is 0 Å². The first-order chi connectivity index (χ1) is 11.9. The van der Waals surface area contributed by atoms with Crippen LogP contribution in [-0.2, 0) is 27.9 Å². The van der Waals surface area contributed by atoms with Gasteiger partial charge < -0.3 is 16.4 Å². The summed E-state index contributed by atoms with van der Waals surface area (Å²) in [7, 11) is 3.17. The molecule has 2 rings (SSSR count). The summed E-state index contributed by atoms with van der Waals surface area (Å²) in [6, 6.07) is 10.4. The maximum atomic E-state index is 12.2. The number of nitrogens with one attached hydrogen (secondary N) is 2. The quantitative estimate of drug-likeness (QED) is 0.641. The first-order valence-electron chi connectivity index (χ1n) is 7.78. The Hall–Kier alpha value is -3.16. The monoisotopic (exact) mass is 343 g/mol. The van der Waals surface area contributed by atoms with E-state index in [9.17, 15) is 14.4 Å². The van der Waals surface area contributed by atoms with Crippen molar-refractivity contribution in [2.45, 2.75) is 18.9 Å². The van der Waals surface area contributed by atoms with Gasteiger partial charge in [-0.3, -0.25) is 19.1 Å². The summed E-state index contributed by atoms with van der Waals surface area (Å²) in [5.74, 6) is -1.53. The molecular weight excluding hydrogens is 322 g/mol. The Morgan fingerprint density at radius 2 is 1.92 bits per heavy atom. The molecule has 1 heterocycles. The van der Waals surface area contributed by atoms with Crippen LogP contribution >= 0.6 is 0 Å². The zero-order valence-corrected chi connectivity index (χ0v) is 14.2. The Balaban J connectivity index is 2.08. The summed E-state index contributed by atoms with van der Waals surface area (Å²) >= 11 is 0. The number of amides is 3. The van der Waals surface area contributed by atoms with Crippen LogP contribution in [-0.4, -0.2) is 40.6 Å². The number of aryl methyl sites for hydroxylation is 1. The van der Waals surface area contributed by atoms with Gasteiger partial charge in [0.2, 0.25) is 17.7 Å². The van der Waals surface area contributed by atoms with Gasteiger partial charge in [-0.05, 0) is 6.07 Å². The van der Waals surface area contributed by atoms with Crippen LogP contribution in [0.25, 0.3) is 11.3 Å². The number of nitrogens with zero attached hydrogens (tertiary/aromatic N) is 2. The predicted molar refractivity (Wildman–Crippen MR) is 92.2 cm³/mol. The number of carbonyl (C=O) groups is 3. The Morgan fingerprint density at radius 3 is 2.52 bits per heavy atom. The van der Waals surface area contributed by atoms with E-state index in [1.807, 2.05) is 36.4 Å². The van der Waals surface area contributed by atoms with Gasteiger partial charge >= 0.3 is 0 Å². The smallest absolute Gasteiger partial charge is 0.242 e. The van der Waals surface area contributed by atoms with E-state index in [1.54, 1.807) is 11.7 Å². The van der Waals surface area contributed by atoms with Crippen LogP contribution in [0.1, 0.15) is 12.1 Å². The molecule has 0 unspecified atom stereocenters. The molecule has 8 heteroatoms. The van der Waals surface area contributed by atoms with E-state index in [1.165, 1.54) is 7.05 Å². The van der Waals surface area contributed by atoms with Crippen LogP contribution in [0.2, 0.25) is 0 Å². The minimum Gasteiger partial charge on any atom is -0.370 e. The summed E-state index contributed by atoms with van der Waals surface area (Å²) < 4.78 is 1.62. The van der Waals surface area contributed by atoms with Crippen LogP contribution in [0.5, 0.6) is 0 Å². The molecule has 3 amide bonds. The molecule has 1 aromatic heterocycles. The highest BCUT2D eigenvalue weighted by Gasteiger charge is 2.22. The Morgan fingerprint density at radius 1 is 1.24 bits per heavy atom. The Labute approximate surface area is 145 Å². The number of hydrogen-bond acceptors (Lipinski definition) is 4. The van der Waals surface area contributed by atoms with E-state index < -0.39 is 23.8 Å². The molecule has 0 aliphatic heterocycles. The van der Waals surface area contributed by atoms with Gasteiger partial charge in [0.15, 0.2) is 0 Å². The number of rotatable bonds is 7. The average Bonchev–Trinajstić information content (AvgIpc) is 2.94. The molecule has 0 bridgehead atoms. The van der Waals surface area contributed by atoms with Gasteiger partial charge in [0.25, 0.3) is 0 Å². The lowest BCUT2D eigenvalue weighted by Crippen LogP contribution is -2.48. The number of aromatic nitrogens is 2. The van der Waals surface area contributed by atoms with Gasteiger partial charge in [-0.2, -0.15) is 5.10 Å². The van der Waals surface area contributed by atoms with Gasteiger partial charge in [-0.1, -0.05) is 30.3 Å². The first-order valence-corrected chi connectivity index (χ1v) is 7.78. The largest absolute Gasteiger partial charge is 0.370 e. The van der Waals surface area contributed by atoms with E-state index in [0.29, 0.717) is 5.69 Å². The second kappa shape index (κ2) is 8.09.